The average molecular weight is 264 g/mol. The molecule has 0 aromatic heterocycles. The van der Waals surface area contributed by atoms with Crippen LogP contribution in [-0.4, -0.2) is 19.6 Å². The van der Waals surface area contributed by atoms with Gasteiger partial charge in [-0.25, -0.2) is 4.39 Å². The van der Waals surface area contributed by atoms with Crippen molar-refractivity contribution >= 4 is 0 Å². The molecule has 1 saturated carbocycles. The Morgan fingerprint density at radius 3 is 2.53 bits per heavy atom. The van der Waals surface area contributed by atoms with Crippen molar-refractivity contribution in [1.82, 2.24) is 5.32 Å². The Hall–Kier alpha value is -0.930. The molecule has 1 aliphatic carbocycles. The van der Waals surface area contributed by atoms with Crippen molar-refractivity contribution in [2.45, 2.75) is 38.5 Å². The predicted molar refractivity (Wildman–Crippen MR) is 77.6 cm³/mol. The van der Waals surface area contributed by atoms with Gasteiger partial charge in [-0.1, -0.05) is 38.5 Å². The van der Waals surface area contributed by atoms with E-state index in [-0.39, 0.29) is 11.2 Å². The van der Waals surface area contributed by atoms with Crippen molar-refractivity contribution in [3.8, 4) is 0 Å². The summed E-state index contributed by atoms with van der Waals surface area (Å²) in [6.45, 7) is 6.62. The molecule has 1 fully saturated rings. The highest BCUT2D eigenvalue weighted by atomic mass is 19.1. The van der Waals surface area contributed by atoms with E-state index in [0.29, 0.717) is 5.41 Å². The topological polar surface area (TPSA) is 38.0 Å². The molecule has 2 nitrogen and oxygen atoms in total. The van der Waals surface area contributed by atoms with Gasteiger partial charge < -0.3 is 11.1 Å². The number of halogens is 1. The number of hydrogen-bond acceptors (Lipinski definition) is 2. The summed E-state index contributed by atoms with van der Waals surface area (Å²) >= 11 is 0. The van der Waals surface area contributed by atoms with Crippen LogP contribution >= 0.6 is 0 Å². The van der Waals surface area contributed by atoms with Crippen LogP contribution < -0.4 is 11.1 Å². The highest BCUT2D eigenvalue weighted by Crippen LogP contribution is 2.39. The molecule has 1 aliphatic rings. The molecule has 0 bridgehead atoms. The summed E-state index contributed by atoms with van der Waals surface area (Å²) < 4.78 is 13.8. The molecule has 0 saturated heterocycles. The van der Waals surface area contributed by atoms with E-state index in [4.69, 9.17) is 5.73 Å². The van der Waals surface area contributed by atoms with Crippen molar-refractivity contribution in [1.29, 1.82) is 0 Å². The van der Waals surface area contributed by atoms with E-state index < -0.39 is 0 Å². The molecule has 3 N–H and O–H groups in total. The molecular weight excluding hydrogens is 239 g/mol. The lowest BCUT2D eigenvalue weighted by Crippen LogP contribution is -2.47. The summed E-state index contributed by atoms with van der Waals surface area (Å²) in [4.78, 5) is 0. The fraction of sp³-hybridized carbons (Fsp3) is 0.625. The van der Waals surface area contributed by atoms with Gasteiger partial charge in [-0.15, -0.1) is 0 Å². The van der Waals surface area contributed by atoms with Gasteiger partial charge in [0.15, 0.2) is 0 Å². The number of nitrogens with two attached hydrogens (primary N) is 1. The van der Waals surface area contributed by atoms with E-state index in [9.17, 15) is 4.39 Å². The monoisotopic (exact) mass is 264 g/mol. The third-order valence-corrected chi connectivity index (χ3v) is 4.52. The lowest BCUT2D eigenvalue weighted by molar-refractivity contribution is 0.138. The Kier molecular flexibility index (Phi) is 4.26. The second kappa shape index (κ2) is 5.59. The van der Waals surface area contributed by atoms with E-state index in [1.54, 1.807) is 6.07 Å². The highest BCUT2D eigenvalue weighted by molar-refractivity contribution is 5.25. The smallest absolute Gasteiger partial charge is 0.126 e. The molecule has 0 unspecified atom stereocenters. The van der Waals surface area contributed by atoms with Crippen LogP contribution in [0.25, 0.3) is 0 Å². The van der Waals surface area contributed by atoms with Gasteiger partial charge in [-0.2, -0.15) is 0 Å². The van der Waals surface area contributed by atoms with Crippen molar-refractivity contribution in [3.63, 3.8) is 0 Å². The Balaban J connectivity index is 1.93. The van der Waals surface area contributed by atoms with Gasteiger partial charge in [0.05, 0.1) is 0 Å². The Labute approximate surface area is 115 Å². The number of benzene rings is 1. The second-order valence-corrected chi connectivity index (χ2v) is 6.52. The Bertz CT molecular complexity index is 419. The first-order valence-corrected chi connectivity index (χ1v) is 7.15. The van der Waals surface area contributed by atoms with Gasteiger partial charge in [0.2, 0.25) is 0 Å². The van der Waals surface area contributed by atoms with Gasteiger partial charge in [-0.05, 0) is 36.4 Å². The maximum absolute atomic E-state index is 13.8. The minimum absolute atomic E-state index is 0.119. The average Bonchev–Trinajstić information content (AvgIpc) is 2.33. The summed E-state index contributed by atoms with van der Waals surface area (Å²) in [6, 6.07) is 7.04. The molecule has 0 amide bonds. The van der Waals surface area contributed by atoms with Crippen LogP contribution in [0.3, 0.4) is 0 Å². The van der Waals surface area contributed by atoms with Gasteiger partial charge in [0.1, 0.15) is 5.82 Å². The second-order valence-electron chi connectivity index (χ2n) is 6.52. The van der Waals surface area contributed by atoms with Crippen LogP contribution in [-0.2, 0) is 5.41 Å². The van der Waals surface area contributed by atoms with E-state index in [2.05, 4.69) is 19.2 Å². The maximum atomic E-state index is 13.8. The van der Waals surface area contributed by atoms with Crippen LogP contribution in [0.2, 0.25) is 0 Å². The summed E-state index contributed by atoms with van der Waals surface area (Å²) in [5, 5.41) is 3.50. The van der Waals surface area contributed by atoms with E-state index in [0.717, 1.165) is 25.2 Å². The highest BCUT2D eigenvalue weighted by Gasteiger charge is 2.35. The maximum Gasteiger partial charge on any atom is 0.126 e. The van der Waals surface area contributed by atoms with Crippen molar-refractivity contribution < 1.29 is 4.39 Å². The van der Waals surface area contributed by atoms with Gasteiger partial charge in [0, 0.05) is 18.5 Å². The molecule has 0 heterocycles. The number of hydrogen-bond donors (Lipinski definition) is 2. The quantitative estimate of drug-likeness (QED) is 0.829. The fourth-order valence-corrected chi connectivity index (χ4v) is 2.88. The van der Waals surface area contributed by atoms with Crippen LogP contribution in [0.4, 0.5) is 4.39 Å². The van der Waals surface area contributed by atoms with E-state index in [1.165, 1.54) is 25.3 Å². The van der Waals surface area contributed by atoms with Crippen LogP contribution in [0, 0.1) is 11.2 Å². The number of rotatable bonds is 6. The van der Waals surface area contributed by atoms with Crippen molar-refractivity contribution in [2.75, 3.05) is 19.6 Å². The van der Waals surface area contributed by atoms with Crippen LogP contribution in [0.1, 0.15) is 38.7 Å². The molecular formula is C16H25FN2. The zero-order valence-electron chi connectivity index (χ0n) is 12.0. The molecule has 1 aromatic rings. The van der Waals surface area contributed by atoms with E-state index >= 15 is 0 Å². The molecule has 0 aliphatic heterocycles. The first-order chi connectivity index (χ1) is 8.99. The van der Waals surface area contributed by atoms with Gasteiger partial charge >= 0.3 is 0 Å². The normalized spacial score (nSPS) is 18.1. The molecule has 19 heavy (non-hydrogen) atoms. The standard InChI is InChI=1S/C16H25FN2/c1-15(2,13-6-3-4-7-14(13)17)11-19-12-16(10-18)8-5-9-16/h3-4,6-7,19H,5,8-12,18H2,1-2H3. The van der Waals surface area contributed by atoms with Gasteiger partial charge in [-0.3, -0.25) is 0 Å². The van der Waals surface area contributed by atoms with E-state index in [1.807, 2.05) is 12.1 Å². The molecule has 1 aromatic carbocycles. The summed E-state index contributed by atoms with van der Waals surface area (Å²) in [7, 11) is 0. The molecule has 0 spiro atoms. The largest absolute Gasteiger partial charge is 0.330 e. The van der Waals surface area contributed by atoms with Crippen LogP contribution in [0.15, 0.2) is 24.3 Å². The zero-order valence-corrected chi connectivity index (χ0v) is 12.0. The van der Waals surface area contributed by atoms with Crippen molar-refractivity contribution in [2.24, 2.45) is 11.1 Å². The molecule has 3 heteroatoms. The molecule has 2 rings (SSSR count). The Morgan fingerprint density at radius 2 is 2.00 bits per heavy atom. The lowest BCUT2D eigenvalue weighted by atomic mass is 9.68. The minimum atomic E-state index is -0.203. The summed E-state index contributed by atoms with van der Waals surface area (Å²) in [5.41, 5.74) is 6.72. The molecule has 106 valence electrons. The van der Waals surface area contributed by atoms with Gasteiger partial charge in [0.25, 0.3) is 0 Å². The Morgan fingerprint density at radius 1 is 1.32 bits per heavy atom. The first kappa shape index (κ1) is 14.5. The van der Waals surface area contributed by atoms with Crippen molar-refractivity contribution in [3.05, 3.63) is 35.6 Å². The minimum Gasteiger partial charge on any atom is -0.330 e. The molecule has 0 atom stereocenters. The number of nitrogens with one attached hydrogen (secondary N) is 1. The zero-order chi connectivity index (χ0) is 13.9. The summed E-state index contributed by atoms with van der Waals surface area (Å²) in [5.74, 6) is -0.119. The molecule has 0 radical (unpaired) electrons. The van der Waals surface area contributed by atoms with Crippen LogP contribution in [0.5, 0.6) is 0 Å². The first-order valence-electron chi connectivity index (χ1n) is 7.15. The summed E-state index contributed by atoms with van der Waals surface area (Å²) in [6.07, 6.45) is 3.73. The lowest BCUT2D eigenvalue weighted by Gasteiger charge is -2.42. The SMILES string of the molecule is CC(C)(CNCC1(CN)CCC1)c1ccccc1F. The third-order valence-electron chi connectivity index (χ3n) is 4.52. The predicted octanol–water partition coefficient (Wildman–Crippen LogP) is 2.82. The third kappa shape index (κ3) is 3.15. The fourth-order valence-electron chi connectivity index (χ4n) is 2.88.